The molecule has 0 aromatic rings. The first kappa shape index (κ1) is 50.9. The summed E-state index contributed by atoms with van der Waals surface area (Å²) in [7, 11) is -4.40. The van der Waals surface area contributed by atoms with Gasteiger partial charge in [-0.15, -0.1) is 0 Å². The van der Waals surface area contributed by atoms with Crippen LogP contribution >= 0.6 is 7.82 Å². The lowest BCUT2D eigenvalue weighted by Gasteiger charge is -2.24. The van der Waals surface area contributed by atoms with E-state index in [4.69, 9.17) is 14.8 Å². The zero-order valence-electron chi connectivity index (χ0n) is 33.7. The SMILES string of the molecule is CCCCC/C=C\CCCCCC(O)CC(=O)NC(COP(=O)(O)OCCN)C(O)/C=C/CCCCCCCCCCCCCCCCCCCC. The van der Waals surface area contributed by atoms with E-state index >= 15 is 0 Å². The maximum Gasteiger partial charge on any atom is 0.472 e. The summed E-state index contributed by atoms with van der Waals surface area (Å²) in [4.78, 5) is 22.7. The van der Waals surface area contributed by atoms with Gasteiger partial charge in [0.2, 0.25) is 5.91 Å². The Bertz CT molecular complexity index is 888. The van der Waals surface area contributed by atoms with Crippen LogP contribution in [0.25, 0.3) is 0 Å². The molecule has 0 heterocycles. The minimum atomic E-state index is -4.40. The molecule has 0 aliphatic rings. The molecule has 0 radical (unpaired) electrons. The van der Waals surface area contributed by atoms with Crippen molar-refractivity contribution in [1.29, 1.82) is 0 Å². The number of aliphatic hydroxyl groups excluding tert-OH is 2. The Hall–Kier alpha value is -1.06. The van der Waals surface area contributed by atoms with Crippen molar-refractivity contribution < 1.29 is 33.5 Å². The number of phosphoric ester groups is 1. The number of rotatable bonds is 40. The maximum absolute atomic E-state index is 12.8. The number of hydrogen-bond donors (Lipinski definition) is 5. The van der Waals surface area contributed by atoms with E-state index in [2.05, 4.69) is 31.3 Å². The van der Waals surface area contributed by atoms with E-state index in [1.807, 2.05) is 6.08 Å². The Labute approximate surface area is 320 Å². The summed E-state index contributed by atoms with van der Waals surface area (Å²) in [6.07, 6.45) is 39.8. The van der Waals surface area contributed by atoms with Crippen LogP contribution in [0.3, 0.4) is 0 Å². The zero-order chi connectivity index (χ0) is 38.4. The Balaban J connectivity index is 4.30. The van der Waals surface area contributed by atoms with E-state index in [1.165, 1.54) is 122 Å². The number of nitrogens with two attached hydrogens (primary N) is 1. The molecule has 0 aromatic carbocycles. The molecule has 4 atom stereocenters. The second-order valence-electron chi connectivity index (χ2n) is 14.7. The Morgan fingerprint density at radius 3 is 1.58 bits per heavy atom. The van der Waals surface area contributed by atoms with Crippen molar-refractivity contribution in [2.45, 2.75) is 218 Å². The standard InChI is InChI=1S/C42H83N2O7P/c1-3-5-7-9-11-13-15-16-17-18-19-20-21-22-23-24-26-28-30-32-34-41(46)40(38-51-52(48,49)50-36-35-43)44-42(47)37-39(45)33-31-29-27-25-14-12-10-8-6-4-2/h12,14,32,34,39-41,45-46H,3-11,13,15-31,33,35-38,43H2,1-2H3,(H,44,47)(H,48,49)/b14-12-,34-32+. The van der Waals surface area contributed by atoms with Gasteiger partial charge in [-0.3, -0.25) is 13.8 Å². The molecule has 308 valence electrons. The molecule has 0 aliphatic heterocycles. The Morgan fingerprint density at radius 1 is 0.654 bits per heavy atom. The van der Waals surface area contributed by atoms with Gasteiger partial charge in [-0.1, -0.05) is 173 Å². The van der Waals surface area contributed by atoms with Crippen molar-refractivity contribution in [3.8, 4) is 0 Å². The number of carbonyl (C=O) groups excluding carboxylic acids is 1. The molecule has 0 aliphatic carbocycles. The van der Waals surface area contributed by atoms with Crippen LogP contribution in [0.5, 0.6) is 0 Å². The Kier molecular flexibility index (Phi) is 37.4. The van der Waals surface area contributed by atoms with Crippen LogP contribution in [0.1, 0.15) is 200 Å². The number of hydrogen-bond acceptors (Lipinski definition) is 7. The lowest BCUT2D eigenvalue weighted by Crippen LogP contribution is -2.46. The second kappa shape index (κ2) is 38.2. The van der Waals surface area contributed by atoms with Gasteiger partial charge >= 0.3 is 7.82 Å². The minimum Gasteiger partial charge on any atom is -0.393 e. The molecule has 0 bridgehead atoms. The lowest BCUT2D eigenvalue weighted by molar-refractivity contribution is -0.124. The first-order valence-electron chi connectivity index (χ1n) is 21.5. The normalized spacial score (nSPS) is 15.0. The summed E-state index contributed by atoms with van der Waals surface area (Å²) < 4.78 is 22.0. The van der Waals surface area contributed by atoms with E-state index in [0.29, 0.717) is 6.42 Å². The van der Waals surface area contributed by atoms with Crippen LogP contribution in [0, 0.1) is 0 Å². The predicted molar refractivity (Wildman–Crippen MR) is 218 cm³/mol. The fourth-order valence-electron chi connectivity index (χ4n) is 6.29. The first-order chi connectivity index (χ1) is 25.3. The molecule has 0 rings (SSSR count). The average Bonchev–Trinajstić information content (AvgIpc) is 3.12. The second-order valence-corrected chi connectivity index (χ2v) is 16.2. The molecule has 0 fully saturated rings. The van der Waals surface area contributed by atoms with Crippen LogP contribution in [0.4, 0.5) is 0 Å². The van der Waals surface area contributed by atoms with Gasteiger partial charge in [-0.05, 0) is 44.9 Å². The minimum absolute atomic E-state index is 0.0481. The largest absolute Gasteiger partial charge is 0.472 e. The molecule has 0 saturated carbocycles. The third kappa shape index (κ3) is 35.9. The van der Waals surface area contributed by atoms with Crippen LogP contribution < -0.4 is 11.1 Å². The molecule has 10 heteroatoms. The Morgan fingerprint density at radius 2 is 1.08 bits per heavy atom. The number of carbonyl (C=O) groups is 1. The quantitative estimate of drug-likeness (QED) is 0.0235. The van der Waals surface area contributed by atoms with Crippen molar-refractivity contribution in [1.82, 2.24) is 5.32 Å². The molecule has 9 nitrogen and oxygen atoms in total. The fraction of sp³-hybridized carbons (Fsp3) is 0.881. The van der Waals surface area contributed by atoms with Crippen molar-refractivity contribution >= 4 is 13.7 Å². The molecular formula is C42H83N2O7P. The van der Waals surface area contributed by atoms with Crippen LogP contribution in [-0.2, 0) is 18.4 Å². The summed E-state index contributed by atoms with van der Waals surface area (Å²) >= 11 is 0. The maximum atomic E-state index is 12.8. The summed E-state index contributed by atoms with van der Waals surface area (Å²) in [5, 5.41) is 24.0. The highest BCUT2D eigenvalue weighted by Gasteiger charge is 2.27. The summed E-state index contributed by atoms with van der Waals surface area (Å²) in [6.45, 7) is 3.93. The number of unbranched alkanes of at least 4 members (excludes halogenated alkanes) is 24. The number of nitrogens with one attached hydrogen (secondary N) is 1. The topological polar surface area (TPSA) is 151 Å². The summed E-state index contributed by atoms with van der Waals surface area (Å²) in [5.41, 5.74) is 5.35. The molecule has 0 spiro atoms. The first-order valence-corrected chi connectivity index (χ1v) is 23.0. The van der Waals surface area contributed by atoms with Gasteiger partial charge in [0.25, 0.3) is 0 Å². The third-order valence-corrected chi connectivity index (χ3v) is 10.6. The van der Waals surface area contributed by atoms with Crippen molar-refractivity contribution in [3.63, 3.8) is 0 Å². The number of amides is 1. The molecule has 1 amide bonds. The van der Waals surface area contributed by atoms with E-state index < -0.39 is 38.6 Å². The fourth-order valence-corrected chi connectivity index (χ4v) is 7.05. The zero-order valence-corrected chi connectivity index (χ0v) is 34.6. The number of phosphoric acid groups is 1. The highest BCUT2D eigenvalue weighted by Crippen LogP contribution is 2.43. The van der Waals surface area contributed by atoms with Gasteiger partial charge in [0.1, 0.15) is 0 Å². The van der Waals surface area contributed by atoms with Gasteiger partial charge in [-0.2, -0.15) is 0 Å². The molecule has 4 unspecified atom stereocenters. The average molecular weight is 759 g/mol. The highest BCUT2D eigenvalue weighted by atomic mass is 31.2. The lowest BCUT2D eigenvalue weighted by atomic mass is 10.0. The highest BCUT2D eigenvalue weighted by molar-refractivity contribution is 7.47. The molecule has 0 saturated heterocycles. The number of aliphatic hydroxyl groups is 2. The molecule has 52 heavy (non-hydrogen) atoms. The molecule has 6 N–H and O–H groups in total. The number of allylic oxidation sites excluding steroid dienone is 3. The van der Waals surface area contributed by atoms with Crippen LogP contribution in [0.15, 0.2) is 24.3 Å². The predicted octanol–water partition coefficient (Wildman–Crippen LogP) is 10.8. The van der Waals surface area contributed by atoms with E-state index in [-0.39, 0.29) is 19.6 Å². The molecule has 0 aromatic heterocycles. The van der Waals surface area contributed by atoms with Gasteiger partial charge in [0, 0.05) is 6.54 Å². The van der Waals surface area contributed by atoms with E-state index in [9.17, 15) is 24.5 Å². The van der Waals surface area contributed by atoms with Crippen LogP contribution in [-0.4, -0.2) is 59.0 Å². The molecular weight excluding hydrogens is 675 g/mol. The van der Waals surface area contributed by atoms with Crippen molar-refractivity contribution in [3.05, 3.63) is 24.3 Å². The summed E-state index contributed by atoms with van der Waals surface area (Å²) in [6, 6.07) is -0.984. The third-order valence-electron chi connectivity index (χ3n) is 9.58. The van der Waals surface area contributed by atoms with Crippen molar-refractivity contribution in [2.24, 2.45) is 5.73 Å². The van der Waals surface area contributed by atoms with Gasteiger partial charge < -0.3 is 26.2 Å². The van der Waals surface area contributed by atoms with Gasteiger partial charge in [-0.25, -0.2) is 4.57 Å². The van der Waals surface area contributed by atoms with Crippen LogP contribution in [0.2, 0.25) is 0 Å². The monoisotopic (exact) mass is 759 g/mol. The van der Waals surface area contributed by atoms with E-state index in [0.717, 1.165) is 51.4 Å². The van der Waals surface area contributed by atoms with Crippen molar-refractivity contribution in [2.75, 3.05) is 19.8 Å². The summed E-state index contributed by atoms with van der Waals surface area (Å²) in [5.74, 6) is -0.456. The van der Waals surface area contributed by atoms with Gasteiger partial charge in [0.15, 0.2) is 0 Å². The smallest absolute Gasteiger partial charge is 0.393 e. The van der Waals surface area contributed by atoms with E-state index in [1.54, 1.807) is 6.08 Å². The van der Waals surface area contributed by atoms with Gasteiger partial charge in [0.05, 0.1) is 37.9 Å².